The van der Waals surface area contributed by atoms with Crippen LogP contribution in [0.5, 0.6) is 0 Å². The molecular formula is C21H38NO5+. The van der Waals surface area contributed by atoms with Crippen LogP contribution in [0, 0.1) is 0 Å². The number of aliphatic hydroxyl groups excluding tert-OH is 1. The predicted molar refractivity (Wildman–Crippen MR) is 107 cm³/mol. The first-order valence-electron chi connectivity index (χ1n) is 9.83. The standard InChI is InChI=1S/C21H37NO5/c1-5-6-7-8-9-10-11-12-13-14-18(23)15-21(26)27-19(16-20(24)25)17-22(2,3)4/h9-10,12-13,18-19,23H,5-8,11,14-17H2,1-4H3/p+1/b10-9-,13-12-/t18-,19-/m1/s1. The molecule has 0 radical (unpaired) electrons. The summed E-state index contributed by atoms with van der Waals surface area (Å²) in [5.41, 5.74) is 0. The number of allylic oxidation sites excluding steroid dienone is 3. The zero-order chi connectivity index (χ0) is 20.7. The Labute approximate surface area is 164 Å². The van der Waals surface area contributed by atoms with Crippen molar-refractivity contribution in [2.45, 2.75) is 70.5 Å². The quantitative estimate of drug-likeness (QED) is 0.196. The number of likely N-dealkylation sites (N-methyl/N-ethyl adjacent to an activating group) is 1. The van der Waals surface area contributed by atoms with Crippen LogP contribution in [-0.4, -0.2) is 66.5 Å². The number of quaternary nitrogens is 1. The van der Waals surface area contributed by atoms with Crippen LogP contribution in [0.15, 0.2) is 24.3 Å². The third kappa shape index (κ3) is 17.5. The van der Waals surface area contributed by atoms with Gasteiger partial charge in [0, 0.05) is 0 Å². The van der Waals surface area contributed by atoms with E-state index in [0.29, 0.717) is 17.4 Å². The van der Waals surface area contributed by atoms with E-state index in [1.165, 1.54) is 19.3 Å². The number of ether oxygens (including phenoxy) is 1. The number of carboxylic acids is 1. The fourth-order valence-electron chi connectivity index (χ4n) is 2.61. The molecule has 6 nitrogen and oxygen atoms in total. The first kappa shape index (κ1) is 25.3. The van der Waals surface area contributed by atoms with E-state index < -0.39 is 24.1 Å². The van der Waals surface area contributed by atoms with Gasteiger partial charge in [-0.15, -0.1) is 0 Å². The van der Waals surface area contributed by atoms with Gasteiger partial charge >= 0.3 is 11.9 Å². The Morgan fingerprint density at radius 1 is 1.04 bits per heavy atom. The Balaban J connectivity index is 4.16. The molecule has 0 aliphatic heterocycles. The molecule has 0 aromatic rings. The highest BCUT2D eigenvalue weighted by atomic mass is 16.5. The summed E-state index contributed by atoms with van der Waals surface area (Å²) in [6.45, 7) is 2.59. The van der Waals surface area contributed by atoms with Gasteiger partial charge in [0.15, 0.2) is 6.10 Å². The third-order valence-corrected chi connectivity index (χ3v) is 3.84. The molecule has 0 spiro atoms. The lowest BCUT2D eigenvalue weighted by Crippen LogP contribution is -2.44. The minimum Gasteiger partial charge on any atom is -0.481 e. The van der Waals surface area contributed by atoms with Gasteiger partial charge in [-0.1, -0.05) is 44.1 Å². The van der Waals surface area contributed by atoms with Gasteiger partial charge in [0.1, 0.15) is 6.54 Å². The predicted octanol–water partition coefficient (Wildman–Crippen LogP) is 3.30. The Morgan fingerprint density at radius 3 is 2.30 bits per heavy atom. The van der Waals surface area contributed by atoms with E-state index in [-0.39, 0.29) is 12.8 Å². The molecule has 156 valence electrons. The van der Waals surface area contributed by atoms with E-state index in [4.69, 9.17) is 9.84 Å². The molecule has 0 amide bonds. The summed E-state index contributed by atoms with van der Waals surface area (Å²) in [6, 6.07) is 0. The Bertz CT molecular complexity index is 479. The van der Waals surface area contributed by atoms with Crippen LogP contribution in [0.1, 0.15) is 58.3 Å². The van der Waals surface area contributed by atoms with Crippen LogP contribution in [0.2, 0.25) is 0 Å². The van der Waals surface area contributed by atoms with Crippen molar-refractivity contribution in [2.24, 2.45) is 0 Å². The largest absolute Gasteiger partial charge is 0.481 e. The molecular weight excluding hydrogens is 346 g/mol. The van der Waals surface area contributed by atoms with E-state index in [9.17, 15) is 14.7 Å². The molecule has 0 bridgehead atoms. The van der Waals surface area contributed by atoms with Gasteiger partial charge in [-0.25, -0.2) is 0 Å². The molecule has 0 aliphatic carbocycles. The minimum absolute atomic E-state index is 0.134. The van der Waals surface area contributed by atoms with Gasteiger partial charge in [-0.05, 0) is 25.7 Å². The van der Waals surface area contributed by atoms with E-state index in [2.05, 4.69) is 19.1 Å². The number of aliphatic hydroxyl groups is 1. The van der Waals surface area contributed by atoms with Crippen LogP contribution in [0.25, 0.3) is 0 Å². The number of carbonyl (C=O) groups excluding carboxylic acids is 1. The van der Waals surface area contributed by atoms with Crippen LogP contribution in [-0.2, 0) is 14.3 Å². The average molecular weight is 385 g/mol. The summed E-state index contributed by atoms with van der Waals surface area (Å²) in [7, 11) is 5.71. The number of esters is 1. The lowest BCUT2D eigenvalue weighted by atomic mass is 10.1. The number of aliphatic carboxylic acids is 1. The summed E-state index contributed by atoms with van der Waals surface area (Å²) in [4.78, 5) is 22.9. The summed E-state index contributed by atoms with van der Waals surface area (Å²) >= 11 is 0. The zero-order valence-electron chi connectivity index (χ0n) is 17.4. The average Bonchev–Trinajstić information content (AvgIpc) is 2.50. The minimum atomic E-state index is -1.01. The van der Waals surface area contributed by atoms with Crippen LogP contribution < -0.4 is 0 Å². The molecule has 2 atom stereocenters. The van der Waals surface area contributed by atoms with Gasteiger partial charge < -0.3 is 19.4 Å². The monoisotopic (exact) mass is 384 g/mol. The van der Waals surface area contributed by atoms with Crippen molar-refractivity contribution in [1.82, 2.24) is 0 Å². The number of rotatable bonds is 15. The molecule has 0 aromatic heterocycles. The van der Waals surface area contributed by atoms with Crippen molar-refractivity contribution in [3.05, 3.63) is 24.3 Å². The van der Waals surface area contributed by atoms with Crippen LogP contribution in [0.4, 0.5) is 0 Å². The number of nitrogens with zero attached hydrogens (tertiary/aromatic N) is 1. The van der Waals surface area contributed by atoms with Crippen LogP contribution >= 0.6 is 0 Å². The van der Waals surface area contributed by atoms with Crippen molar-refractivity contribution >= 4 is 11.9 Å². The number of hydrogen-bond donors (Lipinski definition) is 2. The van der Waals surface area contributed by atoms with Gasteiger partial charge in [0.05, 0.1) is 40.1 Å². The molecule has 0 aliphatic rings. The first-order chi connectivity index (χ1) is 12.6. The molecule has 0 unspecified atom stereocenters. The van der Waals surface area contributed by atoms with Crippen molar-refractivity contribution < 1.29 is 29.0 Å². The van der Waals surface area contributed by atoms with Gasteiger partial charge in [-0.3, -0.25) is 9.59 Å². The first-order valence-corrected chi connectivity index (χ1v) is 9.83. The lowest BCUT2D eigenvalue weighted by Gasteiger charge is -2.28. The van der Waals surface area contributed by atoms with E-state index in [1.807, 2.05) is 33.3 Å². The summed E-state index contributed by atoms with van der Waals surface area (Å²) < 4.78 is 5.76. The number of carbonyl (C=O) groups is 2. The molecule has 0 saturated carbocycles. The van der Waals surface area contributed by atoms with E-state index >= 15 is 0 Å². The maximum atomic E-state index is 12.0. The molecule has 2 N–H and O–H groups in total. The van der Waals surface area contributed by atoms with Gasteiger partial charge in [-0.2, -0.15) is 0 Å². The van der Waals surface area contributed by atoms with Gasteiger partial charge in [0.2, 0.25) is 0 Å². The molecule has 0 saturated heterocycles. The second-order valence-corrected chi connectivity index (χ2v) is 7.95. The molecule has 0 heterocycles. The maximum Gasteiger partial charge on any atom is 0.308 e. The van der Waals surface area contributed by atoms with Gasteiger partial charge in [0.25, 0.3) is 0 Å². The topological polar surface area (TPSA) is 83.8 Å². The van der Waals surface area contributed by atoms with E-state index in [1.54, 1.807) is 0 Å². The Kier molecular flexibility index (Phi) is 13.5. The molecule has 6 heteroatoms. The van der Waals surface area contributed by atoms with Crippen molar-refractivity contribution in [3.8, 4) is 0 Å². The SMILES string of the molecule is CCCCC/C=C\C/C=C\C[C@@H](O)CC(=O)O[C@H](CC(=O)O)C[N+](C)(C)C. The van der Waals surface area contributed by atoms with Crippen molar-refractivity contribution in [1.29, 1.82) is 0 Å². The summed E-state index contributed by atoms with van der Waals surface area (Å²) in [5, 5.41) is 18.9. The highest BCUT2D eigenvalue weighted by molar-refractivity contribution is 5.72. The second-order valence-electron chi connectivity index (χ2n) is 7.95. The molecule has 0 fully saturated rings. The molecule has 0 rings (SSSR count). The molecule has 0 aromatic carbocycles. The Hall–Kier alpha value is -1.66. The smallest absolute Gasteiger partial charge is 0.308 e. The maximum absolute atomic E-state index is 12.0. The number of carboxylic acid groups (broad SMARTS) is 1. The normalized spacial score (nSPS) is 14.6. The van der Waals surface area contributed by atoms with Crippen LogP contribution in [0.3, 0.4) is 0 Å². The summed E-state index contributed by atoms with van der Waals surface area (Å²) in [5.74, 6) is -1.57. The number of unbranched alkanes of at least 4 members (excludes halogenated alkanes) is 3. The third-order valence-electron chi connectivity index (χ3n) is 3.84. The molecule has 27 heavy (non-hydrogen) atoms. The second kappa shape index (κ2) is 14.4. The fraction of sp³-hybridized carbons (Fsp3) is 0.714. The highest BCUT2D eigenvalue weighted by Crippen LogP contribution is 2.09. The zero-order valence-corrected chi connectivity index (χ0v) is 17.4. The Morgan fingerprint density at radius 2 is 1.70 bits per heavy atom. The fourth-order valence-corrected chi connectivity index (χ4v) is 2.61. The number of hydrogen-bond acceptors (Lipinski definition) is 4. The van der Waals surface area contributed by atoms with E-state index in [0.717, 1.165) is 12.8 Å². The summed E-state index contributed by atoms with van der Waals surface area (Å²) in [6.07, 6.45) is 12.2. The van der Waals surface area contributed by atoms with Crippen molar-refractivity contribution in [3.63, 3.8) is 0 Å². The highest BCUT2D eigenvalue weighted by Gasteiger charge is 2.25. The lowest BCUT2D eigenvalue weighted by molar-refractivity contribution is -0.873. The van der Waals surface area contributed by atoms with Crippen molar-refractivity contribution in [2.75, 3.05) is 27.7 Å².